The van der Waals surface area contributed by atoms with E-state index >= 15 is 0 Å². The Morgan fingerprint density at radius 3 is 2.61 bits per heavy atom. The molecule has 118 valence electrons. The number of anilines is 1. The maximum Gasteiger partial charge on any atom is 0.340 e. The molecule has 2 aromatic carbocycles. The average molecular weight is 310 g/mol. The van der Waals surface area contributed by atoms with E-state index in [0.717, 1.165) is 11.1 Å². The van der Waals surface area contributed by atoms with Gasteiger partial charge in [0.25, 0.3) is 0 Å². The van der Waals surface area contributed by atoms with Crippen molar-refractivity contribution in [3.8, 4) is 5.75 Å². The first-order valence-electron chi connectivity index (χ1n) is 7.40. The van der Waals surface area contributed by atoms with Crippen LogP contribution in [0, 0.1) is 0 Å². The third-order valence-electron chi connectivity index (χ3n) is 3.75. The molecule has 23 heavy (non-hydrogen) atoms. The van der Waals surface area contributed by atoms with Crippen LogP contribution < -0.4 is 16.2 Å². The first kappa shape index (κ1) is 15.0. The highest BCUT2D eigenvalue weighted by atomic mass is 16.5. The summed E-state index contributed by atoms with van der Waals surface area (Å²) in [5.41, 5.74) is 14.5. The Labute approximate surface area is 134 Å². The van der Waals surface area contributed by atoms with Crippen molar-refractivity contribution in [1.82, 2.24) is 0 Å². The van der Waals surface area contributed by atoms with Crippen LogP contribution in [0.25, 0.3) is 0 Å². The zero-order valence-electron chi connectivity index (χ0n) is 12.8. The maximum atomic E-state index is 12.4. The van der Waals surface area contributed by atoms with Crippen molar-refractivity contribution in [2.75, 3.05) is 12.3 Å². The summed E-state index contributed by atoms with van der Waals surface area (Å²) in [6.45, 7) is 2.02. The largest absolute Gasteiger partial charge is 0.462 e. The van der Waals surface area contributed by atoms with E-state index in [-0.39, 0.29) is 18.4 Å². The summed E-state index contributed by atoms with van der Waals surface area (Å²) in [6.07, 6.45) is 0. The quantitative estimate of drug-likeness (QED) is 0.672. The van der Waals surface area contributed by atoms with Crippen molar-refractivity contribution in [3.63, 3.8) is 0 Å². The number of hydrogen-bond donors (Lipinski definition) is 2. The Hall–Kier alpha value is -2.95. The normalized spacial score (nSPS) is 16.5. The highest BCUT2D eigenvalue weighted by Gasteiger charge is 2.35. The fraction of sp³-hybridized carbons (Fsp3) is 0.167. The van der Waals surface area contributed by atoms with Gasteiger partial charge in [-0.1, -0.05) is 36.4 Å². The fourth-order valence-corrected chi connectivity index (χ4v) is 2.77. The third-order valence-corrected chi connectivity index (χ3v) is 3.75. The molecule has 5 nitrogen and oxygen atoms in total. The van der Waals surface area contributed by atoms with Crippen LogP contribution in [-0.2, 0) is 9.53 Å². The third kappa shape index (κ3) is 2.73. The van der Waals surface area contributed by atoms with Crippen LogP contribution in [0.15, 0.2) is 60.0 Å². The second-order valence-electron chi connectivity index (χ2n) is 5.24. The number of nitrogen functional groups attached to an aromatic ring is 1. The average Bonchev–Trinajstić information content (AvgIpc) is 2.54. The SMILES string of the molecule is CCOC(=O)C1=C(N)Oc2cc(N)ccc2C1c1ccccc1. The lowest BCUT2D eigenvalue weighted by molar-refractivity contribution is -0.139. The Kier molecular flexibility index (Phi) is 3.93. The molecule has 2 aromatic rings. The molecule has 0 saturated carbocycles. The molecule has 5 heteroatoms. The van der Waals surface area contributed by atoms with Gasteiger partial charge in [0.1, 0.15) is 11.3 Å². The number of nitrogens with two attached hydrogens (primary N) is 2. The van der Waals surface area contributed by atoms with Gasteiger partial charge in [-0.3, -0.25) is 0 Å². The van der Waals surface area contributed by atoms with Crippen LogP contribution >= 0.6 is 0 Å². The van der Waals surface area contributed by atoms with Crippen molar-refractivity contribution in [3.05, 3.63) is 71.1 Å². The number of ether oxygens (including phenoxy) is 2. The number of esters is 1. The van der Waals surface area contributed by atoms with Crippen molar-refractivity contribution in [1.29, 1.82) is 0 Å². The second kappa shape index (κ2) is 6.04. The Balaban J connectivity index is 2.18. The fourth-order valence-electron chi connectivity index (χ4n) is 2.77. The van der Waals surface area contributed by atoms with Crippen molar-refractivity contribution < 1.29 is 14.3 Å². The summed E-state index contributed by atoms with van der Waals surface area (Å²) in [4.78, 5) is 12.4. The molecule has 1 heterocycles. The Morgan fingerprint density at radius 1 is 1.17 bits per heavy atom. The van der Waals surface area contributed by atoms with Gasteiger partial charge in [-0.05, 0) is 18.6 Å². The highest BCUT2D eigenvalue weighted by Crippen LogP contribution is 2.43. The minimum absolute atomic E-state index is 0.0513. The molecule has 1 atom stereocenters. The van der Waals surface area contributed by atoms with Crippen LogP contribution in [-0.4, -0.2) is 12.6 Å². The van der Waals surface area contributed by atoms with E-state index in [9.17, 15) is 4.79 Å². The summed E-state index contributed by atoms with van der Waals surface area (Å²) in [5, 5.41) is 0. The van der Waals surface area contributed by atoms with Gasteiger partial charge in [0.15, 0.2) is 0 Å². The molecule has 0 radical (unpaired) electrons. The van der Waals surface area contributed by atoms with Gasteiger partial charge in [-0.25, -0.2) is 4.79 Å². The number of fused-ring (bicyclic) bond motifs is 1. The zero-order chi connectivity index (χ0) is 16.4. The summed E-state index contributed by atoms with van der Waals surface area (Å²) in [5.74, 6) is -0.208. The first-order valence-corrected chi connectivity index (χ1v) is 7.40. The number of carbonyl (C=O) groups is 1. The molecule has 0 aliphatic carbocycles. The molecule has 1 unspecified atom stereocenters. The molecule has 0 spiro atoms. The van der Waals surface area contributed by atoms with E-state index in [1.165, 1.54) is 0 Å². The molecule has 0 bridgehead atoms. The second-order valence-corrected chi connectivity index (χ2v) is 5.24. The Morgan fingerprint density at radius 2 is 1.91 bits per heavy atom. The molecule has 4 N–H and O–H groups in total. The zero-order valence-corrected chi connectivity index (χ0v) is 12.8. The molecule has 1 aliphatic heterocycles. The van der Waals surface area contributed by atoms with E-state index in [0.29, 0.717) is 17.0 Å². The summed E-state index contributed by atoms with van der Waals surface area (Å²) >= 11 is 0. The molecule has 0 saturated heterocycles. The lowest BCUT2D eigenvalue weighted by atomic mass is 9.83. The van der Waals surface area contributed by atoms with E-state index in [4.69, 9.17) is 20.9 Å². The van der Waals surface area contributed by atoms with Gasteiger partial charge in [0, 0.05) is 17.3 Å². The molecule has 1 aliphatic rings. The van der Waals surface area contributed by atoms with Gasteiger partial charge >= 0.3 is 5.97 Å². The predicted octanol–water partition coefficient (Wildman–Crippen LogP) is 2.53. The van der Waals surface area contributed by atoms with Crippen LogP contribution in [0.2, 0.25) is 0 Å². The van der Waals surface area contributed by atoms with Crippen LogP contribution in [0.4, 0.5) is 5.69 Å². The van der Waals surface area contributed by atoms with E-state index in [1.807, 2.05) is 36.4 Å². The lowest BCUT2D eigenvalue weighted by Gasteiger charge is -2.28. The van der Waals surface area contributed by atoms with Crippen molar-refractivity contribution in [2.45, 2.75) is 12.8 Å². The minimum Gasteiger partial charge on any atom is -0.462 e. The topological polar surface area (TPSA) is 87.6 Å². The van der Waals surface area contributed by atoms with E-state index in [1.54, 1.807) is 19.1 Å². The van der Waals surface area contributed by atoms with Crippen LogP contribution in [0.3, 0.4) is 0 Å². The first-order chi connectivity index (χ1) is 11.1. The summed E-state index contributed by atoms with van der Waals surface area (Å²) in [7, 11) is 0. The maximum absolute atomic E-state index is 12.4. The lowest BCUT2D eigenvalue weighted by Crippen LogP contribution is -2.27. The standard InChI is InChI=1S/C18H18N2O3/c1-2-22-18(21)16-15(11-6-4-3-5-7-11)13-9-8-12(19)10-14(13)23-17(16)20/h3-10,15H,2,19-20H2,1H3. The number of hydrogen-bond acceptors (Lipinski definition) is 5. The highest BCUT2D eigenvalue weighted by molar-refractivity contribution is 5.92. The predicted molar refractivity (Wildman–Crippen MR) is 87.6 cm³/mol. The Bertz CT molecular complexity index is 769. The molecule has 0 aromatic heterocycles. The minimum atomic E-state index is -0.471. The van der Waals surface area contributed by atoms with Crippen molar-refractivity contribution in [2.24, 2.45) is 5.73 Å². The molecule has 0 fully saturated rings. The summed E-state index contributed by atoms with van der Waals surface area (Å²) in [6, 6.07) is 15.0. The monoisotopic (exact) mass is 310 g/mol. The van der Waals surface area contributed by atoms with Crippen LogP contribution in [0.5, 0.6) is 5.75 Å². The summed E-state index contributed by atoms with van der Waals surface area (Å²) < 4.78 is 10.8. The molecular weight excluding hydrogens is 292 g/mol. The molecule has 3 rings (SSSR count). The number of benzene rings is 2. The van der Waals surface area contributed by atoms with Gasteiger partial charge < -0.3 is 20.9 Å². The molecule has 0 amide bonds. The van der Waals surface area contributed by atoms with Gasteiger partial charge in [-0.15, -0.1) is 0 Å². The molecular formula is C18H18N2O3. The van der Waals surface area contributed by atoms with Crippen LogP contribution in [0.1, 0.15) is 24.0 Å². The van der Waals surface area contributed by atoms with Gasteiger partial charge in [0.2, 0.25) is 5.88 Å². The number of rotatable bonds is 3. The number of carbonyl (C=O) groups excluding carboxylic acids is 1. The van der Waals surface area contributed by atoms with E-state index < -0.39 is 5.97 Å². The van der Waals surface area contributed by atoms with Gasteiger partial charge in [0.05, 0.1) is 12.5 Å². The van der Waals surface area contributed by atoms with Crippen molar-refractivity contribution >= 4 is 11.7 Å². The smallest absolute Gasteiger partial charge is 0.340 e. The van der Waals surface area contributed by atoms with Gasteiger partial charge in [-0.2, -0.15) is 0 Å². The van der Waals surface area contributed by atoms with E-state index in [2.05, 4.69) is 0 Å².